The van der Waals surface area contributed by atoms with Crippen molar-refractivity contribution >= 4 is 0 Å². The molecular weight excluding hydrogens is 216 g/mol. The summed E-state index contributed by atoms with van der Waals surface area (Å²) in [6, 6.07) is 2.76. The minimum absolute atomic E-state index is 0.572. The zero-order valence-electron chi connectivity index (χ0n) is 10.7. The van der Waals surface area contributed by atoms with Gasteiger partial charge in [0.2, 0.25) is 0 Å². The van der Waals surface area contributed by atoms with Gasteiger partial charge in [-0.2, -0.15) is 0 Å². The van der Waals surface area contributed by atoms with Crippen LogP contribution >= 0.6 is 0 Å². The minimum Gasteiger partial charge on any atom is -0.467 e. The van der Waals surface area contributed by atoms with E-state index in [4.69, 9.17) is 9.15 Å². The van der Waals surface area contributed by atoms with Gasteiger partial charge >= 0.3 is 0 Å². The fourth-order valence-corrected chi connectivity index (χ4v) is 1.60. The fourth-order valence-electron chi connectivity index (χ4n) is 1.60. The Kier molecular flexibility index (Phi) is 4.59. The van der Waals surface area contributed by atoms with Crippen molar-refractivity contribution in [2.24, 2.45) is 0 Å². The molecule has 4 heteroatoms. The molecule has 0 spiro atoms. The van der Waals surface area contributed by atoms with Gasteiger partial charge in [0.1, 0.15) is 12.4 Å². The van der Waals surface area contributed by atoms with Crippen LogP contribution in [0.3, 0.4) is 0 Å². The van der Waals surface area contributed by atoms with Crippen molar-refractivity contribution in [2.45, 2.75) is 32.0 Å². The lowest BCUT2D eigenvalue weighted by atomic mass is 10.2. The van der Waals surface area contributed by atoms with Gasteiger partial charge in [0.25, 0.3) is 0 Å². The first kappa shape index (κ1) is 12.6. The van der Waals surface area contributed by atoms with E-state index in [-0.39, 0.29) is 0 Å². The normalized spacial score (nSPS) is 15.7. The van der Waals surface area contributed by atoms with Gasteiger partial charge < -0.3 is 19.4 Å². The first-order chi connectivity index (χ1) is 8.25. The molecule has 0 bridgehead atoms. The van der Waals surface area contributed by atoms with Crippen molar-refractivity contribution in [3.05, 3.63) is 23.7 Å². The maximum atomic E-state index is 5.59. The molecule has 17 heavy (non-hydrogen) atoms. The minimum atomic E-state index is 0.572. The maximum absolute atomic E-state index is 5.59. The van der Waals surface area contributed by atoms with Crippen molar-refractivity contribution in [2.75, 3.05) is 27.2 Å². The largest absolute Gasteiger partial charge is 0.467 e. The van der Waals surface area contributed by atoms with Crippen LogP contribution in [-0.2, 0) is 17.9 Å². The van der Waals surface area contributed by atoms with E-state index in [1.807, 2.05) is 20.2 Å². The van der Waals surface area contributed by atoms with Gasteiger partial charge in [-0.15, -0.1) is 0 Å². The third-order valence-corrected chi connectivity index (χ3v) is 2.91. The highest BCUT2D eigenvalue weighted by molar-refractivity contribution is 5.16. The van der Waals surface area contributed by atoms with Crippen molar-refractivity contribution in [3.8, 4) is 0 Å². The number of nitrogens with one attached hydrogen (secondary N) is 1. The predicted octanol–water partition coefficient (Wildman–Crippen LogP) is 1.61. The fraction of sp³-hybridized carbons (Fsp3) is 0.692. The topological polar surface area (TPSA) is 37.6 Å². The Morgan fingerprint density at radius 2 is 2.29 bits per heavy atom. The van der Waals surface area contributed by atoms with Gasteiger partial charge in [0.15, 0.2) is 0 Å². The molecule has 0 aliphatic heterocycles. The van der Waals surface area contributed by atoms with Crippen LogP contribution in [0.1, 0.15) is 24.2 Å². The molecule has 1 saturated carbocycles. The average molecular weight is 238 g/mol. The lowest BCUT2D eigenvalue weighted by Crippen LogP contribution is -2.18. The Morgan fingerprint density at radius 3 is 3.00 bits per heavy atom. The van der Waals surface area contributed by atoms with Gasteiger partial charge in [-0.1, -0.05) is 0 Å². The summed E-state index contributed by atoms with van der Waals surface area (Å²) in [5.41, 5.74) is 1.22. The predicted molar refractivity (Wildman–Crippen MR) is 66.8 cm³/mol. The SMILES string of the molecule is CN(C)CCOCc1occc1CNC1CC1. The van der Waals surface area contributed by atoms with Crippen molar-refractivity contribution < 1.29 is 9.15 Å². The molecule has 4 nitrogen and oxygen atoms in total. The van der Waals surface area contributed by atoms with Crippen LogP contribution < -0.4 is 5.32 Å². The van der Waals surface area contributed by atoms with Crippen LogP contribution in [0.25, 0.3) is 0 Å². The third-order valence-electron chi connectivity index (χ3n) is 2.91. The van der Waals surface area contributed by atoms with Gasteiger partial charge in [-0.05, 0) is 33.0 Å². The molecule has 1 aliphatic carbocycles. The van der Waals surface area contributed by atoms with Crippen LogP contribution in [0.4, 0.5) is 0 Å². The number of nitrogens with zero attached hydrogens (tertiary/aromatic N) is 1. The molecule has 0 unspecified atom stereocenters. The Hall–Kier alpha value is -0.840. The first-order valence-corrected chi connectivity index (χ1v) is 6.27. The second kappa shape index (κ2) is 6.19. The monoisotopic (exact) mass is 238 g/mol. The van der Waals surface area contributed by atoms with Crippen LogP contribution in [0, 0.1) is 0 Å². The molecule has 96 valence electrons. The number of likely N-dealkylation sites (N-methyl/N-ethyl adjacent to an activating group) is 1. The number of ether oxygens (including phenoxy) is 1. The summed E-state index contributed by atoms with van der Waals surface area (Å²) in [5.74, 6) is 0.955. The van der Waals surface area contributed by atoms with E-state index in [1.165, 1.54) is 18.4 Å². The zero-order chi connectivity index (χ0) is 12.1. The van der Waals surface area contributed by atoms with Gasteiger partial charge in [0.05, 0.1) is 12.9 Å². The molecule has 1 heterocycles. The Bertz CT molecular complexity index is 332. The summed E-state index contributed by atoms with van der Waals surface area (Å²) >= 11 is 0. The van der Waals surface area contributed by atoms with Gasteiger partial charge in [0, 0.05) is 24.7 Å². The number of rotatable bonds is 8. The maximum Gasteiger partial charge on any atom is 0.133 e. The Balaban J connectivity index is 1.69. The summed E-state index contributed by atoms with van der Waals surface area (Å²) < 4.78 is 11.0. The summed E-state index contributed by atoms with van der Waals surface area (Å²) in [7, 11) is 4.09. The quantitative estimate of drug-likeness (QED) is 0.698. The van der Waals surface area contributed by atoms with E-state index >= 15 is 0 Å². The highest BCUT2D eigenvalue weighted by atomic mass is 16.5. The lowest BCUT2D eigenvalue weighted by molar-refractivity contribution is 0.0919. The van der Waals surface area contributed by atoms with E-state index in [2.05, 4.69) is 10.2 Å². The van der Waals surface area contributed by atoms with E-state index < -0.39 is 0 Å². The number of hydrogen-bond donors (Lipinski definition) is 1. The highest BCUT2D eigenvalue weighted by Gasteiger charge is 2.20. The third kappa shape index (κ3) is 4.50. The highest BCUT2D eigenvalue weighted by Crippen LogP contribution is 2.20. The molecular formula is C13H22N2O2. The molecule has 0 saturated heterocycles. The molecule has 1 fully saturated rings. The van der Waals surface area contributed by atoms with Crippen molar-refractivity contribution in [1.82, 2.24) is 10.2 Å². The van der Waals surface area contributed by atoms with E-state index in [1.54, 1.807) is 6.26 Å². The van der Waals surface area contributed by atoms with Crippen LogP contribution in [-0.4, -0.2) is 38.2 Å². The zero-order valence-corrected chi connectivity index (χ0v) is 10.7. The second-order valence-electron chi connectivity index (χ2n) is 4.88. The van der Waals surface area contributed by atoms with Crippen molar-refractivity contribution in [1.29, 1.82) is 0 Å². The molecule has 0 radical (unpaired) electrons. The Labute approximate surface area is 103 Å². The standard InChI is InChI=1S/C13H22N2O2/c1-15(2)6-8-16-10-13-11(5-7-17-13)9-14-12-3-4-12/h5,7,12,14H,3-4,6,8-10H2,1-2H3. The van der Waals surface area contributed by atoms with Crippen LogP contribution in [0.2, 0.25) is 0 Å². The van der Waals surface area contributed by atoms with E-state index in [9.17, 15) is 0 Å². The van der Waals surface area contributed by atoms with Crippen molar-refractivity contribution in [3.63, 3.8) is 0 Å². The smallest absolute Gasteiger partial charge is 0.133 e. The van der Waals surface area contributed by atoms with Gasteiger partial charge in [-0.3, -0.25) is 0 Å². The molecule has 1 aromatic heterocycles. The first-order valence-electron chi connectivity index (χ1n) is 6.27. The number of hydrogen-bond acceptors (Lipinski definition) is 4. The summed E-state index contributed by atoms with van der Waals surface area (Å²) in [5, 5.41) is 3.48. The summed E-state index contributed by atoms with van der Waals surface area (Å²) in [6.45, 7) is 3.15. The average Bonchev–Trinajstić information content (AvgIpc) is 3.02. The molecule has 2 rings (SSSR count). The summed E-state index contributed by atoms with van der Waals surface area (Å²) in [6.07, 6.45) is 4.37. The molecule has 0 amide bonds. The number of furan rings is 1. The lowest BCUT2D eigenvalue weighted by Gasteiger charge is -2.09. The van der Waals surface area contributed by atoms with Gasteiger partial charge in [-0.25, -0.2) is 0 Å². The second-order valence-corrected chi connectivity index (χ2v) is 4.88. The molecule has 1 aromatic rings. The summed E-state index contributed by atoms with van der Waals surface area (Å²) in [4.78, 5) is 2.11. The van der Waals surface area contributed by atoms with Crippen LogP contribution in [0.15, 0.2) is 16.7 Å². The molecule has 0 aromatic carbocycles. The Morgan fingerprint density at radius 1 is 1.47 bits per heavy atom. The van der Waals surface area contributed by atoms with Crippen LogP contribution in [0.5, 0.6) is 0 Å². The van der Waals surface area contributed by atoms with E-state index in [0.717, 1.165) is 31.5 Å². The molecule has 1 aliphatic rings. The molecule has 0 atom stereocenters. The molecule has 1 N–H and O–H groups in total. The van der Waals surface area contributed by atoms with E-state index in [0.29, 0.717) is 6.61 Å².